The summed E-state index contributed by atoms with van der Waals surface area (Å²) in [6.45, 7) is 0.375. The molecule has 0 rings (SSSR count). The summed E-state index contributed by atoms with van der Waals surface area (Å²) in [5.41, 5.74) is 5.23. The minimum atomic E-state index is -4.72. The fourth-order valence-corrected chi connectivity index (χ4v) is 4.47. The van der Waals surface area contributed by atoms with Crippen LogP contribution in [0.4, 0.5) is 0 Å². The Bertz CT molecular complexity index is 750. The molecular formula is C27H50NO11P. The molecule has 0 bridgehead atoms. The second-order valence-electron chi connectivity index (χ2n) is 9.85. The molecule has 234 valence electrons. The van der Waals surface area contributed by atoms with Crippen LogP contribution in [0.1, 0.15) is 116 Å². The van der Waals surface area contributed by atoms with E-state index in [1.165, 1.54) is 57.8 Å². The first-order valence-electron chi connectivity index (χ1n) is 14.5. The number of carbonyl (C=O) groups excluding carboxylic acids is 3. The summed E-state index contributed by atoms with van der Waals surface area (Å²) < 4.78 is 31.7. The Kier molecular flexibility index (Phi) is 23.8. The molecule has 0 aromatic carbocycles. The van der Waals surface area contributed by atoms with Gasteiger partial charge in [0.2, 0.25) is 0 Å². The first kappa shape index (κ1) is 38.1. The van der Waals surface area contributed by atoms with Crippen LogP contribution in [0.15, 0.2) is 0 Å². The van der Waals surface area contributed by atoms with Crippen molar-refractivity contribution in [3.8, 4) is 0 Å². The Morgan fingerprint density at radius 2 is 1.27 bits per heavy atom. The molecule has 0 spiro atoms. The Morgan fingerprint density at radius 3 is 1.80 bits per heavy atom. The molecule has 0 heterocycles. The van der Waals surface area contributed by atoms with E-state index in [1.807, 2.05) is 0 Å². The number of phosphoric acid groups is 1. The van der Waals surface area contributed by atoms with Crippen LogP contribution in [-0.4, -0.2) is 66.2 Å². The quantitative estimate of drug-likeness (QED) is 0.0484. The smallest absolute Gasteiger partial charge is 0.472 e. The van der Waals surface area contributed by atoms with E-state index in [-0.39, 0.29) is 25.7 Å². The summed E-state index contributed by atoms with van der Waals surface area (Å²) >= 11 is 0. The third kappa shape index (κ3) is 24.0. The second kappa shape index (κ2) is 24.9. The largest absolute Gasteiger partial charge is 0.480 e. The van der Waals surface area contributed by atoms with Crippen molar-refractivity contribution in [3.63, 3.8) is 0 Å². The monoisotopic (exact) mass is 595 g/mol. The molecule has 0 aliphatic carbocycles. The van der Waals surface area contributed by atoms with Crippen molar-refractivity contribution in [2.75, 3.05) is 19.8 Å². The molecule has 3 atom stereocenters. The number of nitrogens with two attached hydrogens (primary N) is 1. The summed E-state index contributed by atoms with van der Waals surface area (Å²) in [5, 5.41) is 8.73. The molecule has 0 fully saturated rings. The standard InChI is InChI=1S/C27H50NO11P/c1-2-3-4-5-6-7-8-9-10-11-12-13-14-17-25(30)36-20-23(39-26(31)18-15-16-19-29)21-37-40(34,35)38-22-24(28)27(32)33/h19,23-24H,2-18,20-22,28H2,1H3,(H,32,33)(H,34,35)/t23-,24+/m1/s1. The maximum atomic E-state index is 12.1. The van der Waals surface area contributed by atoms with Crippen molar-refractivity contribution in [1.29, 1.82) is 0 Å². The molecule has 12 nitrogen and oxygen atoms in total. The summed E-state index contributed by atoms with van der Waals surface area (Å²) in [6, 6.07) is -1.54. The van der Waals surface area contributed by atoms with Gasteiger partial charge >= 0.3 is 25.7 Å². The molecule has 13 heteroatoms. The van der Waals surface area contributed by atoms with E-state index in [0.717, 1.165) is 19.3 Å². The average Bonchev–Trinajstić information content (AvgIpc) is 2.91. The molecule has 4 N–H and O–H groups in total. The third-order valence-corrected chi connectivity index (χ3v) is 7.02. The highest BCUT2D eigenvalue weighted by molar-refractivity contribution is 7.47. The van der Waals surface area contributed by atoms with Crippen LogP contribution in [0.25, 0.3) is 0 Å². The van der Waals surface area contributed by atoms with Gasteiger partial charge in [-0.05, 0) is 12.8 Å². The van der Waals surface area contributed by atoms with Gasteiger partial charge in [0.05, 0.1) is 13.2 Å². The molecule has 0 saturated carbocycles. The first-order chi connectivity index (χ1) is 19.1. The Hall–Kier alpha value is -1.85. The van der Waals surface area contributed by atoms with Crippen molar-refractivity contribution in [2.45, 2.75) is 128 Å². The van der Waals surface area contributed by atoms with E-state index in [2.05, 4.69) is 11.4 Å². The van der Waals surface area contributed by atoms with Crippen LogP contribution in [0.3, 0.4) is 0 Å². The van der Waals surface area contributed by atoms with Crippen LogP contribution in [0.5, 0.6) is 0 Å². The van der Waals surface area contributed by atoms with Crippen LogP contribution >= 0.6 is 7.82 Å². The van der Waals surface area contributed by atoms with Crippen molar-refractivity contribution in [1.82, 2.24) is 0 Å². The molecule has 0 saturated heterocycles. The molecule has 0 aliphatic heterocycles. The highest BCUT2D eigenvalue weighted by atomic mass is 31.2. The first-order valence-corrected chi connectivity index (χ1v) is 16.0. The van der Waals surface area contributed by atoms with Crippen molar-refractivity contribution in [2.24, 2.45) is 5.73 Å². The number of rotatable bonds is 28. The van der Waals surface area contributed by atoms with Gasteiger partial charge in [0.25, 0.3) is 0 Å². The minimum absolute atomic E-state index is 0.0805. The number of carboxylic acid groups (broad SMARTS) is 1. The second-order valence-corrected chi connectivity index (χ2v) is 11.3. The van der Waals surface area contributed by atoms with E-state index in [9.17, 15) is 28.6 Å². The van der Waals surface area contributed by atoms with Crippen LogP contribution in [-0.2, 0) is 42.3 Å². The summed E-state index contributed by atoms with van der Waals surface area (Å²) in [6.07, 6.45) is 15.3. The van der Waals surface area contributed by atoms with Crippen molar-refractivity contribution < 1.29 is 52.3 Å². The molecule has 1 unspecified atom stereocenters. The number of aldehydes is 1. The van der Waals surface area contributed by atoms with E-state index in [0.29, 0.717) is 12.7 Å². The highest BCUT2D eigenvalue weighted by Gasteiger charge is 2.28. The summed E-state index contributed by atoms with van der Waals surface area (Å²) in [5.74, 6) is -2.64. The average molecular weight is 596 g/mol. The van der Waals surface area contributed by atoms with Crippen molar-refractivity contribution in [3.05, 3.63) is 0 Å². The lowest BCUT2D eigenvalue weighted by molar-refractivity contribution is -0.161. The molecule has 0 aromatic rings. The summed E-state index contributed by atoms with van der Waals surface area (Å²) in [4.78, 5) is 55.1. The molecule has 0 aliphatic rings. The number of carbonyl (C=O) groups is 4. The molecular weight excluding hydrogens is 545 g/mol. The van der Waals surface area contributed by atoms with Gasteiger partial charge in [0.1, 0.15) is 18.9 Å². The zero-order valence-electron chi connectivity index (χ0n) is 24.0. The number of esters is 2. The zero-order chi connectivity index (χ0) is 30.1. The van der Waals surface area contributed by atoms with Gasteiger partial charge in [-0.25, -0.2) is 4.57 Å². The van der Waals surface area contributed by atoms with Gasteiger partial charge in [-0.1, -0.05) is 84.0 Å². The number of unbranched alkanes of at least 4 members (excludes halogenated alkanes) is 13. The predicted molar refractivity (Wildman–Crippen MR) is 148 cm³/mol. The predicted octanol–water partition coefficient (Wildman–Crippen LogP) is 4.84. The molecule has 40 heavy (non-hydrogen) atoms. The molecule has 0 aromatic heterocycles. The van der Waals surface area contributed by atoms with Gasteiger partial charge in [-0.3, -0.25) is 23.4 Å². The van der Waals surface area contributed by atoms with Crippen LogP contribution < -0.4 is 5.73 Å². The lowest BCUT2D eigenvalue weighted by atomic mass is 10.0. The van der Waals surface area contributed by atoms with E-state index >= 15 is 0 Å². The molecule has 0 amide bonds. The molecule has 0 radical (unpaired) electrons. The van der Waals surface area contributed by atoms with E-state index in [4.69, 9.17) is 24.8 Å². The third-order valence-electron chi connectivity index (χ3n) is 6.07. The number of hydrogen-bond donors (Lipinski definition) is 3. The van der Waals surface area contributed by atoms with Gasteiger partial charge < -0.3 is 30.0 Å². The number of hydrogen-bond acceptors (Lipinski definition) is 10. The normalized spacial score (nSPS) is 14.2. The van der Waals surface area contributed by atoms with Crippen LogP contribution in [0.2, 0.25) is 0 Å². The Labute approximate surface area is 238 Å². The number of aliphatic carboxylic acids is 1. The fraction of sp³-hybridized carbons (Fsp3) is 0.852. The fourth-order valence-electron chi connectivity index (χ4n) is 3.70. The number of phosphoric ester groups is 1. The SMILES string of the molecule is CCCCCCCCCCCCCCCC(=O)OC[C@H](COP(=O)(O)OC[C@H](N)C(=O)O)OC(=O)CCCC=O. The number of carboxylic acids is 1. The van der Waals surface area contributed by atoms with Crippen LogP contribution in [0, 0.1) is 0 Å². The Balaban J connectivity index is 4.30. The zero-order valence-corrected chi connectivity index (χ0v) is 24.9. The van der Waals surface area contributed by atoms with Gasteiger partial charge in [-0.2, -0.15) is 0 Å². The lowest BCUT2D eigenvalue weighted by Crippen LogP contribution is -2.34. The van der Waals surface area contributed by atoms with E-state index in [1.54, 1.807) is 0 Å². The number of ether oxygens (including phenoxy) is 2. The highest BCUT2D eigenvalue weighted by Crippen LogP contribution is 2.43. The summed E-state index contributed by atoms with van der Waals surface area (Å²) in [7, 11) is -4.72. The van der Waals surface area contributed by atoms with Gasteiger partial charge in [0.15, 0.2) is 6.10 Å². The maximum Gasteiger partial charge on any atom is 0.472 e. The van der Waals surface area contributed by atoms with E-state index < -0.39 is 57.7 Å². The van der Waals surface area contributed by atoms with Gasteiger partial charge in [-0.15, -0.1) is 0 Å². The lowest BCUT2D eigenvalue weighted by Gasteiger charge is -2.20. The maximum absolute atomic E-state index is 12.1. The minimum Gasteiger partial charge on any atom is -0.480 e. The van der Waals surface area contributed by atoms with Crippen molar-refractivity contribution >= 4 is 32.0 Å². The van der Waals surface area contributed by atoms with Gasteiger partial charge in [0, 0.05) is 19.3 Å². The topological polar surface area (TPSA) is 189 Å². The Morgan fingerprint density at radius 1 is 0.775 bits per heavy atom.